The van der Waals surface area contributed by atoms with Gasteiger partial charge in [0.05, 0.1) is 18.7 Å². The van der Waals surface area contributed by atoms with Crippen LogP contribution in [0.25, 0.3) is 0 Å². The molecule has 1 atom stereocenters. The molecule has 94 valence electrons. The molecule has 2 rings (SSSR count). The Hall–Kier alpha value is -1.14. The third-order valence-electron chi connectivity index (χ3n) is 2.94. The lowest BCUT2D eigenvalue weighted by Gasteiger charge is -2.15. The molecule has 6 heteroatoms. The van der Waals surface area contributed by atoms with Gasteiger partial charge in [-0.15, -0.1) is 11.3 Å². The molecule has 0 radical (unpaired) electrons. The lowest BCUT2D eigenvalue weighted by atomic mass is 10.1. The highest BCUT2D eigenvalue weighted by molar-refractivity contribution is 7.13. The SMILES string of the molecule is COCC1CCN(C(=O)Cc2csc(N)n2)C1. The number of carbonyl (C=O) groups excluding carboxylic acids is 1. The standard InChI is InChI=1S/C11H17N3O2S/c1-16-6-8-2-3-14(5-8)10(15)4-9-7-17-11(12)13-9/h7-8H,2-6H2,1H3,(H2,12,13). The maximum absolute atomic E-state index is 12.0. The summed E-state index contributed by atoms with van der Waals surface area (Å²) in [7, 11) is 1.70. The fourth-order valence-electron chi connectivity index (χ4n) is 2.10. The van der Waals surface area contributed by atoms with E-state index in [4.69, 9.17) is 10.5 Å². The molecule has 1 aromatic rings. The predicted octanol–water partition coefficient (Wildman–Crippen LogP) is 0.763. The maximum Gasteiger partial charge on any atom is 0.228 e. The van der Waals surface area contributed by atoms with Crippen molar-refractivity contribution in [3.05, 3.63) is 11.1 Å². The van der Waals surface area contributed by atoms with Crippen LogP contribution in [0.3, 0.4) is 0 Å². The van der Waals surface area contributed by atoms with Gasteiger partial charge >= 0.3 is 0 Å². The summed E-state index contributed by atoms with van der Waals surface area (Å²) in [4.78, 5) is 18.0. The molecule has 1 saturated heterocycles. The van der Waals surface area contributed by atoms with Crippen LogP contribution >= 0.6 is 11.3 Å². The van der Waals surface area contributed by atoms with Crippen molar-refractivity contribution in [2.24, 2.45) is 5.92 Å². The summed E-state index contributed by atoms with van der Waals surface area (Å²) in [6.07, 6.45) is 1.38. The molecule has 0 aromatic carbocycles. The van der Waals surface area contributed by atoms with Crippen molar-refractivity contribution < 1.29 is 9.53 Å². The van der Waals surface area contributed by atoms with Gasteiger partial charge in [0.2, 0.25) is 5.91 Å². The average molecular weight is 255 g/mol. The number of anilines is 1. The topological polar surface area (TPSA) is 68.5 Å². The lowest BCUT2D eigenvalue weighted by molar-refractivity contribution is -0.129. The van der Waals surface area contributed by atoms with E-state index in [-0.39, 0.29) is 5.91 Å². The van der Waals surface area contributed by atoms with Gasteiger partial charge < -0.3 is 15.4 Å². The Balaban J connectivity index is 1.85. The Morgan fingerprint density at radius 1 is 1.76 bits per heavy atom. The molecule has 1 aliphatic heterocycles. The summed E-state index contributed by atoms with van der Waals surface area (Å²) in [5.41, 5.74) is 6.31. The Labute approximate surface area is 105 Å². The molecule has 5 nitrogen and oxygen atoms in total. The van der Waals surface area contributed by atoms with Crippen molar-refractivity contribution in [2.75, 3.05) is 32.5 Å². The van der Waals surface area contributed by atoms with Crippen LogP contribution in [0.1, 0.15) is 12.1 Å². The zero-order valence-electron chi connectivity index (χ0n) is 9.89. The quantitative estimate of drug-likeness (QED) is 0.862. The molecule has 1 amide bonds. The second-order valence-electron chi connectivity index (χ2n) is 4.30. The number of likely N-dealkylation sites (tertiary alicyclic amines) is 1. The summed E-state index contributed by atoms with van der Waals surface area (Å²) in [5, 5.41) is 2.36. The molecule has 2 N–H and O–H groups in total. The van der Waals surface area contributed by atoms with Gasteiger partial charge in [-0.25, -0.2) is 4.98 Å². The van der Waals surface area contributed by atoms with Crippen LogP contribution in [0.2, 0.25) is 0 Å². The van der Waals surface area contributed by atoms with Crippen LogP contribution in [0, 0.1) is 5.92 Å². The first kappa shape index (κ1) is 12.3. The van der Waals surface area contributed by atoms with Gasteiger partial charge in [0.25, 0.3) is 0 Å². The highest BCUT2D eigenvalue weighted by Gasteiger charge is 2.26. The van der Waals surface area contributed by atoms with Gasteiger partial charge in [0, 0.05) is 31.5 Å². The number of hydrogen-bond donors (Lipinski definition) is 1. The van der Waals surface area contributed by atoms with Crippen LogP contribution in [-0.2, 0) is 16.0 Å². The maximum atomic E-state index is 12.0. The van der Waals surface area contributed by atoms with E-state index in [1.165, 1.54) is 11.3 Å². The first-order chi connectivity index (χ1) is 8.19. The molecule has 1 unspecified atom stereocenters. The van der Waals surface area contributed by atoms with Gasteiger partial charge in [-0.2, -0.15) is 0 Å². The van der Waals surface area contributed by atoms with E-state index in [1.807, 2.05) is 10.3 Å². The van der Waals surface area contributed by atoms with Crippen molar-refractivity contribution in [1.29, 1.82) is 0 Å². The van der Waals surface area contributed by atoms with Crippen molar-refractivity contribution in [3.63, 3.8) is 0 Å². The zero-order chi connectivity index (χ0) is 12.3. The molecule has 0 bridgehead atoms. The minimum atomic E-state index is 0.133. The van der Waals surface area contributed by atoms with Crippen molar-refractivity contribution in [2.45, 2.75) is 12.8 Å². The minimum Gasteiger partial charge on any atom is -0.384 e. The molecule has 1 aromatic heterocycles. The van der Waals surface area contributed by atoms with Gasteiger partial charge in [-0.05, 0) is 6.42 Å². The smallest absolute Gasteiger partial charge is 0.228 e. The normalized spacial score (nSPS) is 19.8. The first-order valence-electron chi connectivity index (χ1n) is 5.65. The van der Waals surface area contributed by atoms with Crippen LogP contribution in [0.4, 0.5) is 5.13 Å². The average Bonchev–Trinajstić information content (AvgIpc) is 2.88. The van der Waals surface area contributed by atoms with Crippen LogP contribution in [0.5, 0.6) is 0 Å². The molecular weight excluding hydrogens is 238 g/mol. The number of aromatic nitrogens is 1. The zero-order valence-corrected chi connectivity index (χ0v) is 10.7. The van der Waals surface area contributed by atoms with Gasteiger partial charge in [-0.1, -0.05) is 0 Å². The second kappa shape index (κ2) is 5.46. The number of ether oxygens (including phenoxy) is 1. The van der Waals surface area contributed by atoms with E-state index in [0.29, 0.717) is 17.5 Å². The molecule has 1 aliphatic rings. The Kier molecular flexibility index (Phi) is 3.96. The monoisotopic (exact) mass is 255 g/mol. The van der Waals surface area contributed by atoms with Crippen molar-refractivity contribution in [1.82, 2.24) is 9.88 Å². The van der Waals surface area contributed by atoms with Gasteiger partial charge in [0.1, 0.15) is 0 Å². The second-order valence-corrected chi connectivity index (χ2v) is 5.19. The van der Waals surface area contributed by atoms with E-state index in [1.54, 1.807) is 7.11 Å². The summed E-state index contributed by atoms with van der Waals surface area (Å²) in [6, 6.07) is 0. The van der Waals surface area contributed by atoms with E-state index in [2.05, 4.69) is 4.98 Å². The fourth-order valence-corrected chi connectivity index (χ4v) is 2.66. The Bertz CT molecular complexity index is 394. The van der Waals surface area contributed by atoms with E-state index >= 15 is 0 Å². The van der Waals surface area contributed by atoms with Crippen molar-refractivity contribution in [3.8, 4) is 0 Å². The number of methoxy groups -OCH3 is 1. The van der Waals surface area contributed by atoms with Crippen LogP contribution in [0.15, 0.2) is 5.38 Å². The summed E-state index contributed by atoms with van der Waals surface area (Å²) in [5.74, 6) is 0.610. The molecular formula is C11H17N3O2S. The third kappa shape index (κ3) is 3.17. The summed E-state index contributed by atoms with van der Waals surface area (Å²) >= 11 is 1.37. The molecule has 1 fully saturated rings. The first-order valence-corrected chi connectivity index (χ1v) is 6.53. The van der Waals surface area contributed by atoms with E-state index < -0.39 is 0 Å². The highest BCUT2D eigenvalue weighted by atomic mass is 32.1. The largest absolute Gasteiger partial charge is 0.384 e. The molecule has 0 saturated carbocycles. The number of thiazole rings is 1. The third-order valence-corrected chi connectivity index (χ3v) is 3.67. The van der Waals surface area contributed by atoms with Crippen LogP contribution < -0.4 is 5.73 Å². The van der Waals surface area contributed by atoms with Crippen molar-refractivity contribution >= 4 is 22.4 Å². The van der Waals surface area contributed by atoms with Gasteiger partial charge in [0.15, 0.2) is 5.13 Å². The molecule has 2 heterocycles. The number of nitrogens with zero attached hydrogens (tertiary/aromatic N) is 2. The minimum absolute atomic E-state index is 0.133. The predicted molar refractivity (Wildman–Crippen MR) is 66.8 cm³/mol. The van der Waals surface area contributed by atoms with E-state index in [0.717, 1.165) is 31.8 Å². The number of nitrogen functional groups attached to an aromatic ring is 1. The number of carbonyl (C=O) groups is 1. The number of nitrogens with two attached hydrogens (primary N) is 1. The summed E-state index contributed by atoms with van der Waals surface area (Å²) in [6.45, 7) is 2.35. The Morgan fingerprint density at radius 2 is 2.59 bits per heavy atom. The highest BCUT2D eigenvalue weighted by Crippen LogP contribution is 2.18. The summed E-state index contributed by atoms with van der Waals surface area (Å²) < 4.78 is 5.11. The lowest BCUT2D eigenvalue weighted by Crippen LogP contribution is -2.30. The van der Waals surface area contributed by atoms with E-state index in [9.17, 15) is 4.79 Å². The molecule has 0 spiro atoms. The van der Waals surface area contributed by atoms with Crippen LogP contribution in [-0.4, -0.2) is 42.6 Å². The number of hydrogen-bond acceptors (Lipinski definition) is 5. The Morgan fingerprint density at radius 3 is 3.24 bits per heavy atom. The van der Waals surface area contributed by atoms with Gasteiger partial charge in [-0.3, -0.25) is 4.79 Å². The number of rotatable bonds is 4. The fraction of sp³-hybridized carbons (Fsp3) is 0.636. The number of amides is 1. The molecule has 0 aliphatic carbocycles. The molecule has 17 heavy (non-hydrogen) atoms.